The summed E-state index contributed by atoms with van der Waals surface area (Å²) in [7, 11) is 0. The van der Waals surface area contributed by atoms with E-state index in [1.807, 2.05) is 49.1 Å². The number of rotatable bonds is 5. The average Bonchev–Trinajstić information content (AvgIpc) is 2.26. The summed E-state index contributed by atoms with van der Waals surface area (Å²) in [5.41, 5.74) is 0.967. The predicted octanol–water partition coefficient (Wildman–Crippen LogP) is 2.38. The molecule has 0 spiro atoms. The van der Waals surface area contributed by atoms with E-state index in [0.29, 0.717) is 13.0 Å². The van der Waals surface area contributed by atoms with Crippen LogP contribution in [0.1, 0.15) is 20.3 Å². The minimum atomic E-state index is -0.761. The molecule has 1 unspecified atom stereocenters. The molecular weight excluding hydrogens is 190 g/mol. The summed E-state index contributed by atoms with van der Waals surface area (Å²) < 4.78 is 0. The van der Waals surface area contributed by atoms with Gasteiger partial charge in [0.15, 0.2) is 0 Å². The molecule has 0 aliphatic carbocycles. The lowest BCUT2D eigenvalue weighted by Gasteiger charge is -2.29. The van der Waals surface area contributed by atoms with Gasteiger partial charge in [-0.1, -0.05) is 25.1 Å². The average molecular weight is 207 g/mol. The first kappa shape index (κ1) is 11.6. The summed E-state index contributed by atoms with van der Waals surface area (Å²) in [6.07, 6.45) is 0.609. The Kier molecular flexibility index (Phi) is 4.16. The molecule has 0 saturated heterocycles. The van der Waals surface area contributed by atoms with Gasteiger partial charge in [0.2, 0.25) is 0 Å². The quantitative estimate of drug-likeness (QED) is 0.805. The van der Waals surface area contributed by atoms with Crippen LogP contribution in [0.4, 0.5) is 5.69 Å². The van der Waals surface area contributed by atoms with Gasteiger partial charge in [-0.25, -0.2) is 4.79 Å². The van der Waals surface area contributed by atoms with E-state index in [9.17, 15) is 4.79 Å². The number of benzene rings is 1. The predicted molar refractivity (Wildman–Crippen MR) is 61.2 cm³/mol. The molecule has 0 aliphatic heterocycles. The second-order valence-electron chi connectivity index (χ2n) is 3.38. The van der Waals surface area contributed by atoms with Crippen LogP contribution in [0.2, 0.25) is 0 Å². The molecule has 1 aromatic carbocycles. The Hall–Kier alpha value is -1.51. The molecule has 0 heterocycles. The number of para-hydroxylation sites is 1. The zero-order valence-corrected chi connectivity index (χ0v) is 9.18. The molecule has 15 heavy (non-hydrogen) atoms. The molecule has 1 rings (SSSR count). The standard InChI is InChI=1S/C12H17NO2/c1-3-11(12(14)15)13(4-2)10-8-6-5-7-9-10/h5-9,11H,3-4H2,1-2H3,(H,14,15). The molecule has 1 N–H and O–H groups in total. The number of nitrogens with zero attached hydrogens (tertiary/aromatic N) is 1. The highest BCUT2D eigenvalue weighted by atomic mass is 16.4. The molecule has 0 aliphatic rings. The van der Waals surface area contributed by atoms with E-state index < -0.39 is 12.0 Å². The third-order valence-corrected chi connectivity index (χ3v) is 2.48. The highest BCUT2D eigenvalue weighted by molar-refractivity contribution is 5.78. The van der Waals surface area contributed by atoms with Crippen molar-refractivity contribution in [2.75, 3.05) is 11.4 Å². The molecule has 0 saturated carbocycles. The molecule has 1 atom stereocenters. The number of likely N-dealkylation sites (N-methyl/N-ethyl adjacent to an activating group) is 1. The van der Waals surface area contributed by atoms with Crippen molar-refractivity contribution in [3.63, 3.8) is 0 Å². The van der Waals surface area contributed by atoms with Gasteiger partial charge in [-0.2, -0.15) is 0 Å². The van der Waals surface area contributed by atoms with Crippen LogP contribution >= 0.6 is 0 Å². The van der Waals surface area contributed by atoms with Crippen LogP contribution < -0.4 is 4.90 Å². The monoisotopic (exact) mass is 207 g/mol. The maximum atomic E-state index is 11.1. The van der Waals surface area contributed by atoms with E-state index in [0.717, 1.165) is 5.69 Å². The molecule has 0 radical (unpaired) electrons. The Morgan fingerprint density at radius 1 is 1.33 bits per heavy atom. The Morgan fingerprint density at radius 3 is 2.33 bits per heavy atom. The summed E-state index contributed by atoms with van der Waals surface area (Å²) in [4.78, 5) is 13.0. The molecule has 82 valence electrons. The Balaban J connectivity index is 2.92. The Bertz CT molecular complexity index is 311. The van der Waals surface area contributed by atoms with Crippen LogP contribution in [0, 0.1) is 0 Å². The highest BCUT2D eigenvalue weighted by Gasteiger charge is 2.22. The summed E-state index contributed by atoms with van der Waals surface area (Å²) in [5.74, 6) is -0.761. The molecule has 0 amide bonds. The van der Waals surface area contributed by atoms with Crippen molar-refractivity contribution in [1.29, 1.82) is 0 Å². The molecule has 3 heteroatoms. The highest BCUT2D eigenvalue weighted by Crippen LogP contribution is 2.17. The van der Waals surface area contributed by atoms with E-state index in [4.69, 9.17) is 5.11 Å². The summed E-state index contributed by atoms with van der Waals surface area (Å²) >= 11 is 0. The van der Waals surface area contributed by atoms with Crippen molar-refractivity contribution < 1.29 is 9.90 Å². The van der Waals surface area contributed by atoms with Crippen molar-refractivity contribution >= 4 is 11.7 Å². The molecular formula is C12H17NO2. The number of anilines is 1. The van der Waals surface area contributed by atoms with E-state index in [2.05, 4.69) is 0 Å². The summed E-state index contributed by atoms with van der Waals surface area (Å²) in [5, 5.41) is 9.09. The minimum Gasteiger partial charge on any atom is -0.480 e. The second-order valence-corrected chi connectivity index (χ2v) is 3.38. The molecule has 0 fully saturated rings. The van der Waals surface area contributed by atoms with E-state index in [1.165, 1.54) is 0 Å². The first-order valence-corrected chi connectivity index (χ1v) is 5.25. The van der Waals surface area contributed by atoms with Gasteiger partial charge in [-0.05, 0) is 25.5 Å². The van der Waals surface area contributed by atoms with Gasteiger partial charge in [-0.3, -0.25) is 0 Å². The largest absolute Gasteiger partial charge is 0.480 e. The fraction of sp³-hybridized carbons (Fsp3) is 0.417. The van der Waals surface area contributed by atoms with Gasteiger partial charge in [0.05, 0.1) is 0 Å². The first-order valence-electron chi connectivity index (χ1n) is 5.25. The molecule has 1 aromatic rings. The number of hydrogen-bond donors (Lipinski definition) is 1. The van der Waals surface area contributed by atoms with Crippen LogP contribution in [-0.4, -0.2) is 23.7 Å². The molecule has 0 aromatic heterocycles. The van der Waals surface area contributed by atoms with Gasteiger partial charge in [0.1, 0.15) is 6.04 Å². The van der Waals surface area contributed by atoms with Gasteiger partial charge in [0.25, 0.3) is 0 Å². The third-order valence-electron chi connectivity index (χ3n) is 2.48. The lowest BCUT2D eigenvalue weighted by atomic mass is 10.1. The number of aliphatic carboxylic acids is 1. The zero-order valence-electron chi connectivity index (χ0n) is 9.18. The van der Waals surface area contributed by atoms with Crippen molar-refractivity contribution in [2.24, 2.45) is 0 Å². The van der Waals surface area contributed by atoms with Crippen LogP contribution in [0.5, 0.6) is 0 Å². The number of carboxylic acids is 1. The number of carboxylic acid groups (broad SMARTS) is 1. The van der Waals surface area contributed by atoms with Crippen LogP contribution in [0.15, 0.2) is 30.3 Å². The fourth-order valence-corrected chi connectivity index (χ4v) is 1.73. The van der Waals surface area contributed by atoms with Crippen molar-refractivity contribution in [2.45, 2.75) is 26.3 Å². The van der Waals surface area contributed by atoms with Gasteiger partial charge in [0, 0.05) is 12.2 Å². The normalized spacial score (nSPS) is 12.1. The molecule has 0 bridgehead atoms. The minimum absolute atomic E-state index is 0.433. The maximum Gasteiger partial charge on any atom is 0.326 e. The smallest absolute Gasteiger partial charge is 0.326 e. The third kappa shape index (κ3) is 2.72. The van der Waals surface area contributed by atoms with E-state index >= 15 is 0 Å². The first-order chi connectivity index (χ1) is 7.20. The van der Waals surface area contributed by atoms with Gasteiger partial charge < -0.3 is 10.0 Å². The van der Waals surface area contributed by atoms with Crippen molar-refractivity contribution in [3.8, 4) is 0 Å². The van der Waals surface area contributed by atoms with Gasteiger partial charge >= 0.3 is 5.97 Å². The lowest BCUT2D eigenvalue weighted by Crippen LogP contribution is -2.40. The zero-order chi connectivity index (χ0) is 11.3. The second kappa shape index (κ2) is 5.39. The fourth-order valence-electron chi connectivity index (χ4n) is 1.73. The SMILES string of the molecule is CCC(C(=O)O)N(CC)c1ccccc1. The molecule has 3 nitrogen and oxygen atoms in total. The lowest BCUT2D eigenvalue weighted by molar-refractivity contribution is -0.138. The summed E-state index contributed by atoms with van der Waals surface area (Å²) in [6, 6.07) is 9.22. The van der Waals surface area contributed by atoms with E-state index in [1.54, 1.807) is 0 Å². The van der Waals surface area contributed by atoms with Crippen molar-refractivity contribution in [1.82, 2.24) is 0 Å². The maximum absolute atomic E-state index is 11.1. The van der Waals surface area contributed by atoms with Gasteiger partial charge in [-0.15, -0.1) is 0 Å². The Labute approximate surface area is 90.3 Å². The topological polar surface area (TPSA) is 40.5 Å². The van der Waals surface area contributed by atoms with Crippen LogP contribution in [-0.2, 0) is 4.79 Å². The number of carbonyl (C=O) groups is 1. The van der Waals surface area contributed by atoms with Crippen LogP contribution in [0.3, 0.4) is 0 Å². The Morgan fingerprint density at radius 2 is 1.93 bits per heavy atom. The summed E-state index contributed by atoms with van der Waals surface area (Å²) in [6.45, 7) is 4.57. The number of hydrogen-bond acceptors (Lipinski definition) is 2. The van der Waals surface area contributed by atoms with Crippen molar-refractivity contribution in [3.05, 3.63) is 30.3 Å². The van der Waals surface area contributed by atoms with E-state index in [-0.39, 0.29) is 0 Å². The van der Waals surface area contributed by atoms with Crippen LogP contribution in [0.25, 0.3) is 0 Å².